The second kappa shape index (κ2) is 9.07. The van der Waals surface area contributed by atoms with Crippen LogP contribution in [0.15, 0.2) is 24.3 Å². The van der Waals surface area contributed by atoms with Crippen LogP contribution in [0.2, 0.25) is 0 Å². The minimum Gasteiger partial charge on any atom is -0.492 e. The Morgan fingerprint density at radius 1 is 1.11 bits per heavy atom. The van der Waals surface area contributed by atoms with Crippen molar-refractivity contribution in [1.82, 2.24) is 9.80 Å². The van der Waals surface area contributed by atoms with Gasteiger partial charge in [0.15, 0.2) is 0 Å². The molecular weight excluding hydrogens is 370 g/mol. The molecule has 0 N–H and O–H groups in total. The fourth-order valence-corrected chi connectivity index (χ4v) is 3.96. The lowest BCUT2D eigenvalue weighted by Gasteiger charge is -2.34. The van der Waals surface area contributed by atoms with E-state index in [4.69, 9.17) is 4.74 Å². The molecular formula is C18H27N3O5S. The highest BCUT2D eigenvalue weighted by Crippen LogP contribution is 2.30. The van der Waals surface area contributed by atoms with Crippen LogP contribution in [0.1, 0.15) is 20.3 Å². The zero-order valence-corrected chi connectivity index (χ0v) is 16.9. The molecule has 1 saturated heterocycles. The van der Waals surface area contributed by atoms with Gasteiger partial charge in [0.25, 0.3) is 0 Å². The fraction of sp³-hybridized carbons (Fsp3) is 0.556. The Bertz CT molecular complexity index is 773. The Kier molecular flexibility index (Phi) is 7.06. The van der Waals surface area contributed by atoms with Crippen LogP contribution in [0.3, 0.4) is 0 Å². The number of piperazine rings is 1. The average Bonchev–Trinajstić information content (AvgIpc) is 2.62. The van der Waals surface area contributed by atoms with Crippen LogP contribution in [-0.2, 0) is 19.6 Å². The summed E-state index contributed by atoms with van der Waals surface area (Å²) in [5.74, 6) is 0.339. The number of benzene rings is 1. The largest absolute Gasteiger partial charge is 0.492 e. The van der Waals surface area contributed by atoms with Crippen molar-refractivity contribution in [1.29, 1.82) is 0 Å². The predicted molar refractivity (Wildman–Crippen MR) is 103 cm³/mol. The maximum Gasteiger partial charge on any atom is 0.232 e. The number of rotatable bonds is 7. The van der Waals surface area contributed by atoms with Crippen molar-refractivity contribution in [3.63, 3.8) is 0 Å². The zero-order valence-electron chi connectivity index (χ0n) is 16.1. The van der Waals surface area contributed by atoms with Gasteiger partial charge in [0.2, 0.25) is 21.8 Å². The van der Waals surface area contributed by atoms with Gasteiger partial charge in [0.05, 0.1) is 18.6 Å². The molecule has 1 aliphatic heterocycles. The summed E-state index contributed by atoms with van der Waals surface area (Å²) >= 11 is 0. The number of para-hydroxylation sites is 2. The maximum absolute atomic E-state index is 12.5. The quantitative estimate of drug-likeness (QED) is 0.683. The van der Waals surface area contributed by atoms with E-state index >= 15 is 0 Å². The SMILES string of the molecule is CCOc1ccccc1N(CCC(=O)N1CCN(C(C)=O)CC1)S(C)(=O)=O. The molecule has 0 spiro atoms. The van der Waals surface area contributed by atoms with Crippen molar-refractivity contribution >= 4 is 27.5 Å². The minimum atomic E-state index is -3.58. The standard InChI is InChI=1S/C18H27N3O5S/c1-4-26-17-8-6-5-7-16(17)21(27(3,24)25)10-9-18(23)20-13-11-19(12-14-20)15(2)22/h5-8H,4,9-14H2,1-3H3. The first kappa shape index (κ1) is 21.0. The molecule has 0 bridgehead atoms. The van der Waals surface area contributed by atoms with Crippen LogP contribution >= 0.6 is 0 Å². The Hall–Kier alpha value is -2.29. The highest BCUT2D eigenvalue weighted by atomic mass is 32.2. The first-order valence-electron chi connectivity index (χ1n) is 8.97. The lowest BCUT2D eigenvalue weighted by atomic mass is 10.2. The topological polar surface area (TPSA) is 87.2 Å². The molecule has 0 atom stereocenters. The first-order valence-corrected chi connectivity index (χ1v) is 10.8. The number of nitrogens with zero attached hydrogens (tertiary/aromatic N) is 3. The Morgan fingerprint density at radius 2 is 1.70 bits per heavy atom. The van der Waals surface area contributed by atoms with Gasteiger partial charge in [-0.1, -0.05) is 12.1 Å². The monoisotopic (exact) mass is 397 g/mol. The molecule has 0 radical (unpaired) electrons. The Balaban J connectivity index is 2.06. The van der Waals surface area contributed by atoms with Gasteiger partial charge >= 0.3 is 0 Å². The van der Waals surface area contributed by atoms with Crippen LogP contribution in [0, 0.1) is 0 Å². The number of anilines is 1. The predicted octanol–water partition coefficient (Wildman–Crippen LogP) is 0.932. The number of ether oxygens (including phenoxy) is 1. The van der Waals surface area contributed by atoms with Crippen LogP contribution < -0.4 is 9.04 Å². The number of hydrogen-bond donors (Lipinski definition) is 0. The molecule has 1 aromatic carbocycles. The van der Waals surface area contributed by atoms with E-state index in [9.17, 15) is 18.0 Å². The third-order valence-corrected chi connectivity index (χ3v) is 5.62. The number of carbonyl (C=O) groups excluding carboxylic acids is 2. The number of hydrogen-bond acceptors (Lipinski definition) is 5. The molecule has 9 heteroatoms. The summed E-state index contributed by atoms with van der Waals surface area (Å²) < 4.78 is 31.3. The third-order valence-electron chi connectivity index (χ3n) is 4.44. The fourth-order valence-electron chi connectivity index (χ4n) is 3.03. The van der Waals surface area contributed by atoms with E-state index in [1.54, 1.807) is 34.1 Å². The van der Waals surface area contributed by atoms with E-state index < -0.39 is 10.0 Å². The molecule has 8 nitrogen and oxygen atoms in total. The van der Waals surface area contributed by atoms with E-state index in [1.807, 2.05) is 6.92 Å². The van der Waals surface area contributed by atoms with Crippen LogP contribution in [0.25, 0.3) is 0 Å². The summed E-state index contributed by atoms with van der Waals surface area (Å²) in [6.07, 6.45) is 1.18. The minimum absolute atomic E-state index is 0.00196. The summed E-state index contributed by atoms with van der Waals surface area (Å²) in [6, 6.07) is 6.88. The lowest BCUT2D eigenvalue weighted by Crippen LogP contribution is -2.50. The third kappa shape index (κ3) is 5.59. The molecule has 2 rings (SSSR count). The molecule has 1 aromatic rings. The van der Waals surface area contributed by atoms with Gasteiger partial charge in [-0.05, 0) is 19.1 Å². The van der Waals surface area contributed by atoms with E-state index in [2.05, 4.69) is 0 Å². The van der Waals surface area contributed by atoms with Gasteiger partial charge in [0, 0.05) is 46.1 Å². The molecule has 1 aliphatic rings. The molecule has 2 amide bonds. The summed E-state index contributed by atoms with van der Waals surface area (Å²) in [4.78, 5) is 27.3. The van der Waals surface area contributed by atoms with Gasteiger partial charge in [-0.3, -0.25) is 13.9 Å². The van der Waals surface area contributed by atoms with Crippen LogP contribution in [0.5, 0.6) is 5.75 Å². The average molecular weight is 397 g/mol. The molecule has 0 unspecified atom stereocenters. The van der Waals surface area contributed by atoms with Crippen molar-refractivity contribution in [2.45, 2.75) is 20.3 Å². The number of sulfonamides is 1. The van der Waals surface area contributed by atoms with E-state index in [1.165, 1.54) is 11.2 Å². The second-order valence-electron chi connectivity index (χ2n) is 6.37. The van der Waals surface area contributed by atoms with Crippen LogP contribution in [-0.4, -0.2) is 75.6 Å². The summed E-state index contributed by atoms with van der Waals surface area (Å²) in [5, 5.41) is 0. The summed E-state index contributed by atoms with van der Waals surface area (Å²) in [6.45, 7) is 5.72. The zero-order chi connectivity index (χ0) is 20.0. The Morgan fingerprint density at radius 3 is 2.26 bits per heavy atom. The molecule has 150 valence electrons. The number of amides is 2. The van der Waals surface area contributed by atoms with Gasteiger partial charge < -0.3 is 14.5 Å². The number of carbonyl (C=O) groups is 2. The highest BCUT2D eigenvalue weighted by molar-refractivity contribution is 7.92. The summed E-state index contributed by atoms with van der Waals surface area (Å²) in [5.41, 5.74) is 0.427. The smallest absolute Gasteiger partial charge is 0.232 e. The van der Waals surface area contributed by atoms with E-state index in [0.29, 0.717) is 44.2 Å². The molecule has 27 heavy (non-hydrogen) atoms. The van der Waals surface area contributed by atoms with Gasteiger partial charge in [-0.15, -0.1) is 0 Å². The second-order valence-corrected chi connectivity index (χ2v) is 8.28. The van der Waals surface area contributed by atoms with Gasteiger partial charge in [-0.2, -0.15) is 0 Å². The summed E-state index contributed by atoms with van der Waals surface area (Å²) in [7, 11) is -3.58. The van der Waals surface area contributed by atoms with E-state index in [0.717, 1.165) is 6.26 Å². The van der Waals surface area contributed by atoms with Crippen LogP contribution in [0.4, 0.5) is 5.69 Å². The van der Waals surface area contributed by atoms with Crippen molar-refractivity contribution in [2.24, 2.45) is 0 Å². The molecule has 0 aromatic heterocycles. The van der Waals surface area contributed by atoms with E-state index in [-0.39, 0.29) is 24.8 Å². The van der Waals surface area contributed by atoms with Crippen molar-refractivity contribution < 1.29 is 22.7 Å². The Labute approximate surface area is 160 Å². The van der Waals surface area contributed by atoms with Crippen molar-refractivity contribution in [3.05, 3.63) is 24.3 Å². The molecule has 0 aliphatic carbocycles. The maximum atomic E-state index is 12.5. The normalized spacial score (nSPS) is 14.8. The van der Waals surface area contributed by atoms with Crippen molar-refractivity contribution in [2.75, 3.05) is 49.9 Å². The van der Waals surface area contributed by atoms with Gasteiger partial charge in [0.1, 0.15) is 5.75 Å². The van der Waals surface area contributed by atoms with Gasteiger partial charge in [-0.25, -0.2) is 8.42 Å². The highest BCUT2D eigenvalue weighted by Gasteiger charge is 2.25. The molecule has 0 saturated carbocycles. The molecule has 1 fully saturated rings. The van der Waals surface area contributed by atoms with Crippen molar-refractivity contribution in [3.8, 4) is 5.75 Å². The molecule has 1 heterocycles. The lowest BCUT2D eigenvalue weighted by molar-refractivity contribution is -0.138. The first-order chi connectivity index (χ1) is 12.7.